The average molecular weight is 400 g/mol. The summed E-state index contributed by atoms with van der Waals surface area (Å²) in [6.45, 7) is 4.14. The van der Waals surface area contributed by atoms with E-state index < -0.39 is 0 Å². The Kier molecular flexibility index (Phi) is 4.71. The lowest BCUT2D eigenvalue weighted by atomic mass is 9.96. The Bertz CT molecular complexity index is 1090. The van der Waals surface area contributed by atoms with Crippen LogP contribution < -0.4 is 9.47 Å². The van der Waals surface area contributed by atoms with Gasteiger partial charge < -0.3 is 9.47 Å². The summed E-state index contributed by atoms with van der Waals surface area (Å²) in [6, 6.07) is 22.5. The zero-order valence-electron chi connectivity index (χ0n) is 16.4. The largest absolute Gasteiger partial charge is 0.490 e. The minimum atomic E-state index is -0.351. The Morgan fingerprint density at radius 3 is 2.60 bits per heavy atom. The van der Waals surface area contributed by atoms with Crippen molar-refractivity contribution in [1.82, 2.24) is 5.01 Å². The van der Waals surface area contributed by atoms with Crippen molar-refractivity contribution in [3.05, 3.63) is 108 Å². The maximum Gasteiger partial charge on any atom is 0.213 e. The molecule has 5 heteroatoms. The number of benzene rings is 3. The van der Waals surface area contributed by atoms with E-state index in [2.05, 4.69) is 12.6 Å². The zero-order chi connectivity index (χ0) is 20.5. The molecule has 2 aliphatic rings. The first kappa shape index (κ1) is 18.4. The summed E-state index contributed by atoms with van der Waals surface area (Å²) in [7, 11) is 0. The van der Waals surface area contributed by atoms with Gasteiger partial charge in [-0.15, -0.1) is 0 Å². The summed E-state index contributed by atoms with van der Waals surface area (Å²) in [6.07, 6.45) is 2.11. The molecular weight excluding hydrogens is 379 g/mol. The van der Waals surface area contributed by atoms with Crippen molar-refractivity contribution in [3.8, 4) is 11.5 Å². The maximum atomic E-state index is 13.4. The molecule has 0 aromatic heterocycles. The number of nitrogens with zero attached hydrogens (tertiary/aromatic N) is 2. The fourth-order valence-corrected chi connectivity index (χ4v) is 3.95. The van der Waals surface area contributed by atoms with Crippen LogP contribution in [-0.2, 0) is 0 Å². The Morgan fingerprint density at radius 2 is 1.83 bits per heavy atom. The van der Waals surface area contributed by atoms with Crippen LogP contribution in [0.5, 0.6) is 11.5 Å². The van der Waals surface area contributed by atoms with Crippen molar-refractivity contribution in [1.29, 1.82) is 0 Å². The van der Waals surface area contributed by atoms with E-state index >= 15 is 0 Å². The van der Waals surface area contributed by atoms with Gasteiger partial charge in [0.15, 0.2) is 0 Å². The number of hydrogen-bond donors (Lipinski definition) is 0. The number of hydrazone groups is 1. The van der Waals surface area contributed by atoms with Gasteiger partial charge in [0.05, 0.1) is 11.8 Å². The van der Waals surface area contributed by atoms with Gasteiger partial charge in [0.1, 0.15) is 23.9 Å². The molecule has 0 saturated heterocycles. The lowest BCUT2D eigenvalue weighted by Crippen LogP contribution is -2.33. The fourth-order valence-electron chi connectivity index (χ4n) is 3.95. The monoisotopic (exact) mass is 400 g/mol. The van der Waals surface area contributed by atoms with Crippen molar-refractivity contribution >= 4 is 5.71 Å². The van der Waals surface area contributed by atoms with E-state index in [4.69, 9.17) is 14.6 Å². The second-order valence-electron chi connectivity index (χ2n) is 7.33. The van der Waals surface area contributed by atoms with Crippen molar-refractivity contribution < 1.29 is 13.9 Å². The van der Waals surface area contributed by atoms with E-state index in [-0.39, 0.29) is 18.1 Å². The maximum absolute atomic E-state index is 13.4. The third kappa shape index (κ3) is 3.32. The van der Waals surface area contributed by atoms with Crippen LogP contribution in [-0.4, -0.2) is 17.3 Å². The molecule has 0 aliphatic carbocycles. The quantitative estimate of drug-likeness (QED) is 0.520. The second-order valence-corrected chi connectivity index (χ2v) is 7.33. The van der Waals surface area contributed by atoms with Crippen LogP contribution in [0.4, 0.5) is 4.39 Å². The van der Waals surface area contributed by atoms with Crippen LogP contribution in [0.1, 0.15) is 35.4 Å². The third-order valence-electron chi connectivity index (χ3n) is 5.41. The molecule has 30 heavy (non-hydrogen) atoms. The molecule has 3 aromatic rings. The van der Waals surface area contributed by atoms with Gasteiger partial charge in [0, 0.05) is 17.5 Å². The summed E-state index contributed by atoms with van der Waals surface area (Å²) >= 11 is 0. The van der Waals surface area contributed by atoms with E-state index in [9.17, 15) is 4.39 Å². The van der Waals surface area contributed by atoms with Gasteiger partial charge in [-0.25, -0.2) is 9.40 Å². The van der Waals surface area contributed by atoms with E-state index in [1.807, 2.05) is 47.5 Å². The summed E-state index contributed by atoms with van der Waals surface area (Å²) in [5.41, 5.74) is 3.96. The summed E-state index contributed by atoms with van der Waals surface area (Å²) in [4.78, 5) is 0. The van der Waals surface area contributed by atoms with Gasteiger partial charge in [0.2, 0.25) is 6.23 Å². The number of halogens is 1. The smallest absolute Gasteiger partial charge is 0.213 e. The molecule has 0 amide bonds. The van der Waals surface area contributed by atoms with Crippen molar-refractivity contribution in [3.63, 3.8) is 0 Å². The van der Waals surface area contributed by atoms with Crippen LogP contribution in [0, 0.1) is 5.82 Å². The van der Waals surface area contributed by atoms with Crippen LogP contribution >= 0.6 is 0 Å². The number of hydrogen-bond acceptors (Lipinski definition) is 4. The molecule has 4 nitrogen and oxygen atoms in total. The van der Waals surface area contributed by atoms with Gasteiger partial charge in [-0.2, -0.15) is 5.10 Å². The predicted octanol–water partition coefficient (Wildman–Crippen LogP) is 5.63. The lowest BCUT2D eigenvalue weighted by Gasteiger charge is -2.38. The van der Waals surface area contributed by atoms with Crippen LogP contribution in [0.25, 0.3) is 0 Å². The lowest BCUT2D eigenvalue weighted by molar-refractivity contribution is -0.0190. The van der Waals surface area contributed by atoms with Gasteiger partial charge in [-0.3, -0.25) is 0 Å². The topological polar surface area (TPSA) is 34.1 Å². The number of fused-ring (bicyclic) bond motifs is 3. The molecule has 0 spiro atoms. The SMILES string of the molecule is C=CCOc1ccc(C2Oc3ccccc3C3CC(c4ccc(F)cc4)=NN32)cc1. The molecule has 2 heterocycles. The summed E-state index contributed by atoms with van der Waals surface area (Å²) < 4.78 is 25.3. The first-order chi connectivity index (χ1) is 14.7. The Labute approximate surface area is 174 Å². The van der Waals surface area contributed by atoms with Crippen LogP contribution in [0.2, 0.25) is 0 Å². The number of para-hydroxylation sites is 1. The third-order valence-corrected chi connectivity index (χ3v) is 5.41. The Morgan fingerprint density at radius 1 is 1.07 bits per heavy atom. The molecule has 0 saturated carbocycles. The zero-order valence-corrected chi connectivity index (χ0v) is 16.4. The molecule has 2 atom stereocenters. The molecule has 150 valence electrons. The molecule has 3 aromatic carbocycles. The Hall–Kier alpha value is -3.60. The number of ether oxygens (including phenoxy) is 2. The van der Waals surface area contributed by atoms with Crippen LogP contribution in [0.15, 0.2) is 90.6 Å². The molecule has 2 unspecified atom stereocenters. The minimum absolute atomic E-state index is 0.0664. The highest BCUT2D eigenvalue weighted by molar-refractivity contribution is 6.01. The van der Waals surface area contributed by atoms with Gasteiger partial charge in [-0.1, -0.05) is 43.0 Å². The molecule has 0 radical (unpaired) electrons. The molecule has 0 bridgehead atoms. The van der Waals surface area contributed by atoms with Gasteiger partial charge in [0.25, 0.3) is 0 Å². The van der Waals surface area contributed by atoms with Crippen molar-refractivity contribution in [2.75, 3.05) is 6.61 Å². The Balaban J connectivity index is 1.51. The first-order valence-corrected chi connectivity index (χ1v) is 9.94. The van der Waals surface area contributed by atoms with E-state index in [0.717, 1.165) is 40.3 Å². The highest BCUT2D eigenvalue weighted by Gasteiger charge is 2.40. The summed E-state index contributed by atoms with van der Waals surface area (Å²) in [5, 5.41) is 6.91. The highest BCUT2D eigenvalue weighted by Crippen LogP contribution is 2.47. The first-order valence-electron chi connectivity index (χ1n) is 9.94. The van der Waals surface area contributed by atoms with E-state index in [1.54, 1.807) is 18.2 Å². The normalized spacial score (nSPS) is 19.4. The van der Waals surface area contributed by atoms with Gasteiger partial charge in [-0.05, 0) is 48.0 Å². The summed E-state index contributed by atoms with van der Waals surface area (Å²) in [5.74, 6) is 1.40. The minimum Gasteiger partial charge on any atom is -0.490 e. The van der Waals surface area contributed by atoms with Gasteiger partial charge >= 0.3 is 0 Å². The fraction of sp³-hybridized carbons (Fsp3) is 0.160. The highest BCUT2D eigenvalue weighted by atomic mass is 19.1. The second kappa shape index (κ2) is 7.67. The van der Waals surface area contributed by atoms with E-state index in [1.165, 1.54) is 12.1 Å². The average Bonchev–Trinajstić information content (AvgIpc) is 3.24. The molecular formula is C25H21FN2O2. The number of rotatable bonds is 5. The molecule has 0 fully saturated rings. The van der Waals surface area contributed by atoms with Crippen molar-refractivity contribution in [2.45, 2.75) is 18.7 Å². The standard InChI is InChI=1S/C25H21FN2O2/c1-2-15-29-20-13-9-18(10-14-20)25-28-23(21-5-3-4-6-24(21)30-25)16-22(27-28)17-7-11-19(26)12-8-17/h2-14,23,25H,1,15-16H2. The molecule has 5 rings (SSSR count). The molecule has 2 aliphatic heterocycles. The van der Waals surface area contributed by atoms with Crippen LogP contribution in [0.3, 0.4) is 0 Å². The predicted molar refractivity (Wildman–Crippen MR) is 114 cm³/mol. The molecule has 0 N–H and O–H groups in total. The van der Waals surface area contributed by atoms with Crippen molar-refractivity contribution in [2.24, 2.45) is 5.10 Å². The van der Waals surface area contributed by atoms with E-state index in [0.29, 0.717) is 6.61 Å².